The van der Waals surface area contributed by atoms with Gasteiger partial charge in [-0.2, -0.15) is 0 Å². The number of nitrogens with zero attached hydrogens (tertiary/aromatic N) is 1. The summed E-state index contributed by atoms with van der Waals surface area (Å²) < 4.78 is 0. The van der Waals surface area contributed by atoms with Crippen LogP contribution in [0.4, 0.5) is 0 Å². The first kappa shape index (κ1) is 12.3. The number of allylic oxidation sites excluding steroid dienone is 1. The van der Waals surface area contributed by atoms with E-state index in [-0.39, 0.29) is 0 Å². The van der Waals surface area contributed by atoms with E-state index < -0.39 is 4.92 Å². The van der Waals surface area contributed by atoms with E-state index in [1.807, 2.05) is 12.1 Å². The van der Waals surface area contributed by atoms with Crippen molar-refractivity contribution in [3.63, 3.8) is 0 Å². The standard InChI is InChI=1S/C15H15NO2/c1-12(11-16(17)18)6-7-13-8-9-14-4-2-3-5-15(14)10-13/h2-5,8-11H,6-7H2,1H3/b12-11+. The van der Waals surface area contributed by atoms with Gasteiger partial charge in [0.2, 0.25) is 6.20 Å². The van der Waals surface area contributed by atoms with Gasteiger partial charge in [-0.3, -0.25) is 10.1 Å². The number of hydrogen-bond donors (Lipinski definition) is 0. The molecular formula is C15H15NO2. The molecule has 3 heteroatoms. The first-order valence-corrected chi connectivity index (χ1v) is 5.93. The lowest BCUT2D eigenvalue weighted by Gasteiger charge is -2.03. The SMILES string of the molecule is C/C(=C\[N+](=O)[O-])CCc1ccc2ccccc2c1. The molecule has 0 aliphatic rings. The average Bonchev–Trinajstić information content (AvgIpc) is 2.35. The molecule has 0 N–H and O–H groups in total. The number of fused-ring (bicyclic) bond motifs is 1. The normalized spacial score (nSPS) is 11.7. The highest BCUT2D eigenvalue weighted by Crippen LogP contribution is 2.17. The molecule has 0 unspecified atom stereocenters. The van der Waals surface area contributed by atoms with Crippen molar-refractivity contribution in [1.82, 2.24) is 0 Å². The van der Waals surface area contributed by atoms with Crippen LogP contribution in [0, 0.1) is 10.1 Å². The Labute approximate surface area is 106 Å². The Morgan fingerprint density at radius 1 is 1.22 bits per heavy atom. The number of nitro groups is 1. The molecule has 92 valence electrons. The fraction of sp³-hybridized carbons (Fsp3) is 0.200. The van der Waals surface area contributed by atoms with Crippen LogP contribution in [0.25, 0.3) is 10.8 Å². The average molecular weight is 241 g/mol. The highest BCUT2D eigenvalue weighted by atomic mass is 16.6. The third-order valence-electron chi connectivity index (χ3n) is 2.95. The summed E-state index contributed by atoms with van der Waals surface area (Å²) in [6, 6.07) is 14.5. The second-order valence-electron chi connectivity index (χ2n) is 4.44. The van der Waals surface area contributed by atoms with Gasteiger partial charge in [0.1, 0.15) is 0 Å². The third kappa shape index (κ3) is 3.17. The van der Waals surface area contributed by atoms with Crippen LogP contribution in [0.3, 0.4) is 0 Å². The molecule has 0 saturated heterocycles. The van der Waals surface area contributed by atoms with E-state index in [0.717, 1.165) is 24.6 Å². The summed E-state index contributed by atoms with van der Waals surface area (Å²) in [7, 11) is 0. The van der Waals surface area contributed by atoms with E-state index >= 15 is 0 Å². The van der Waals surface area contributed by atoms with E-state index in [2.05, 4.69) is 30.3 Å². The number of hydrogen-bond acceptors (Lipinski definition) is 2. The van der Waals surface area contributed by atoms with Crippen molar-refractivity contribution in [2.45, 2.75) is 19.8 Å². The zero-order valence-electron chi connectivity index (χ0n) is 10.3. The first-order chi connectivity index (χ1) is 8.65. The lowest BCUT2D eigenvalue weighted by molar-refractivity contribution is -0.403. The molecule has 0 radical (unpaired) electrons. The van der Waals surface area contributed by atoms with Gasteiger partial charge in [0.25, 0.3) is 0 Å². The van der Waals surface area contributed by atoms with Gasteiger partial charge in [0.05, 0.1) is 4.92 Å². The molecule has 0 fully saturated rings. The van der Waals surface area contributed by atoms with Gasteiger partial charge in [0.15, 0.2) is 0 Å². The number of aryl methyl sites for hydroxylation is 1. The summed E-state index contributed by atoms with van der Waals surface area (Å²) in [4.78, 5) is 9.93. The number of benzene rings is 2. The van der Waals surface area contributed by atoms with Crippen LogP contribution in [0.15, 0.2) is 54.2 Å². The summed E-state index contributed by atoms with van der Waals surface area (Å²) in [6.45, 7) is 1.80. The lowest BCUT2D eigenvalue weighted by atomic mass is 10.0. The Morgan fingerprint density at radius 2 is 1.94 bits per heavy atom. The van der Waals surface area contributed by atoms with Gasteiger partial charge in [-0.05, 0) is 41.7 Å². The second-order valence-corrected chi connectivity index (χ2v) is 4.44. The van der Waals surface area contributed by atoms with Gasteiger partial charge in [0, 0.05) is 0 Å². The van der Waals surface area contributed by atoms with Gasteiger partial charge in [-0.1, -0.05) is 42.5 Å². The van der Waals surface area contributed by atoms with Gasteiger partial charge >= 0.3 is 0 Å². The highest BCUT2D eigenvalue weighted by Gasteiger charge is 2.00. The van der Waals surface area contributed by atoms with Crippen LogP contribution in [0.5, 0.6) is 0 Å². The quantitative estimate of drug-likeness (QED) is 0.600. The van der Waals surface area contributed by atoms with Crippen molar-refractivity contribution < 1.29 is 4.92 Å². The second kappa shape index (κ2) is 5.45. The molecule has 0 atom stereocenters. The Bertz CT molecular complexity index is 602. The third-order valence-corrected chi connectivity index (χ3v) is 2.95. The monoisotopic (exact) mass is 241 g/mol. The summed E-state index contributed by atoms with van der Waals surface area (Å²) in [6.07, 6.45) is 2.64. The summed E-state index contributed by atoms with van der Waals surface area (Å²) in [5, 5.41) is 12.8. The maximum absolute atomic E-state index is 10.3. The van der Waals surface area contributed by atoms with Crippen molar-refractivity contribution in [2.24, 2.45) is 0 Å². The Kier molecular flexibility index (Phi) is 3.72. The molecule has 0 amide bonds. The molecule has 18 heavy (non-hydrogen) atoms. The maximum atomic E-state index is 10.3. The molecular weight excluding hydrogens is 226 g/mol. The minimum Gasteiger partial charge on any atom is -0.259 e. The fourth-order valence-corrected chi connectivity index (χ4v) is 1.98. The van der Waals surface area contributed by atoms with Crippen molar-refractivity contribution in [2.75, 3.05) is 0 Å². The van der Waals surface area contributed by atoms with Crippen LogP contribution in [0.1, 0.15) is 18.9 Å². The van der Waals surface area contributed by atoms with Crippen LogP contribution in [-0.2, 0) is 6.42 Å². The molecule has 0 aliphatic heterocycles. The van der Waals surface area contributed by atoms with E-state index in [0.29, 0.717) is 0 Å². The molecule has 3 nitrogen and oxygen atoms in total. The van der Waals surface area contributed by atoms with E-state index in [1.165, 1.54) is 16.3 Å². The smallest absolute Gasteiger partial charge is 0.233 e. The molecule has 0 saturated carbocycles. The minimum atomic E-state index is -0.393. The first-order valence-electron chi connectivity index (χ1n) is 5.93. The molecule has 0 aromatic heterocycles. The maximum Gasteiger partial charge on any atom is 0.233 e. The lowest BCUT2D eigenvalue weighted by Crippen LogP contribution is -1.91. The van der Waals surface area contributed by atoms with Crippen LogP contribution in [0.2, 0.25) is 0 Å². The van der Waals surface area contributed by atoms with Crippen molar-refractivity contribution in [3.05, 3.63) is 69.9 Å². The molecule has 0 bridgehead atoms. The van der Waals surface area contributed by atoms with Crippen LogP contribution < -0.4 is 0 Å². The fourth-order valence-electron chi connectivity index (χ4n) is 1.98. The van der Waals surface area contributed by atoms with E-state index in [4.69, 9.17) is 0 Å². The highest BCUT2D eigenvalue weighted by molar-refractivity contribution is 5.82. The summed E-state index contributed by atoms with van der Waals surface area (Å²) in [5.74, 6) is 0. The Hall–Kier alpha value is -2.16. The largest absolute Gasteiger partial charge is 0.259 e. The van der Waals surface area contributed by atoms with Crippen molar-refractivity contribution >= 4 is 10.8 Å². The predicted octanol–water partition coefficient (Wildman–Crippen LogP) is 3.95. The van der Waals surface area contributed by atoms with Gasteiger partial charge in [-0.15, -0.1) is 0 Å². The minimum absolute atomic E-state index is 0.393. The zero-order valence-corrected chi connectivity index (χ0v) is 10.3. The van der Waals surface area contributed by atoms with Crippen LogP contribution >= 0.6 is 0 Å². The van der Waals surface area contributed by atoms with Crippen LogP contribution in [-0.4, -0.2) is 4.92 Å². The Balaban J connectivity index is 2.10. The topological polar surface area (TPSA) is 43.1 Å². The van der Waals surface area contributed by atoms with Crippen molar-refractivity contribution in [1.29, 1.82) is 0 Å². The number of rotatable bonds is 4. The van der Waals surface area contributed by atoms with Crippen molar-refractivity contribution in [3.8, 4) is 0 Å². The summed E-state index contributed by atoms with van der Waals surface area (Å²) >= 11 is 0. The predicted molar refractivity (Wildman–Crippen MR) is 73.0 cm³/mol. The van der Waals surface area contributed by atoms with E-state index in [1.54, 1.807) is 6.92 Å². The molecule has 2 aromatic carbocycles. The zero-order chi connectivity index (χ0) is 13.0. The Morgan fingerprint density at radius 3 is 2.67 bits per heavy atom. The molecule has 0 heterocycles. The molecule has 0 spiro atoms. The molecule has 2 aromatic rings. The summed E-state index contributed by atoms with van der Waals surface area (Å²) in [5.41, 5.74) is 2.01. The van der Waals surface area contributed by atoms with Gasteiger partial charge in [-0.25, -0.2) is 0 Å². The van der Waals surface area contributed by atoms with Gasteiger partial charge < -0.3 is 0 Å². The molecule has 2 rings (SSSR count). The van der Waals surface area contributed by atoms with E-state index in [9.17, 15) is 10.1 Å². The molecule has 0 aliphatic carbocycles.